The third-order valence-corrected chi connectivity index (χ3v) is 3.52. The summed E-state index contributed by atoms with van der Waals surface area (Å²) in [6.45, 7) is 12.1. The SMILES string of the molecule is CCNC(=NCCNC(C)(C)C)NCCc1ccc2c(c1)OCO2.I. The maximum atomic E-state index is 5.41. The molecule has 1 aliphatic rings. The van der Waals surface area contributed by atoms with Crippen LogP contribution in [0.25, 0.3) is 0 Å². The highest BCUT2D eigenvalue weighted by Crippen LogP contribution is 2.32. The van der Waals surface area contributed by atoms with E-state index in [9.17, 15) is 0 Å². The molecule has 7 heteroatoms. The average molecular weight is 462 g/mol. The number of hydrogen-bond acceptors (Lipinski definition) is 4. The second kappa shape index (κ2) is 10.7. The molecule has 2 rings (SSSR count). The van der Waals surface area contributed by atoms with Crippen LogP contribution < -0.4 is 25.4 Å². The van der Waals surface area contributed by atoms with Crippen molar-refractivity contribution in [1.29, 1.82) is 0 Å². The Morgan fingerprint density at radius 2 is 1.88 bits per heavy atom. The lowest BCUT2D eigenvalue weighted by Crippen LogP contribution is -2.40. The van der Waals surface area contributed by atoms with Crippen molar-refractivity contribution < 1.29 is 9.47 Å². The highest BCUT2D eigenvalue weighted by molar-refractivity contribution is 14.0. The molecule has 0 spiro atoms. The zero-order chi connectivity index (χ0) is 17.4. The third kappa shape index (κ3) is 8.13. The highest BCUT2D eigenvalue weighted by Gasteiger charge is 2.13. The number of fused-ring (bicyclic) bond motifs is 1. The summed E-state index contributed by atoms with van der Waals surface area (Å²) < 4.78 is 10.7. The van der Waals surface area contributed by atoms with Crippen molar-refractivity contribution >= 4 is 29.9 Å². The third-order valence-electron chi connectivity index (χ3n) is 3.52. The summed E-state index contributed by atoms with van der Waals surface area (Å²) in [6, 6.07) is 6.09. The molecule has 25 heavy (non-hydrogen) atoms. The van der Waals surface area contributed by atoms with Gasteiger partial charge in [-0.25, -0.2) is 0 Å². The Morgan fingerprint density at radius 1 is 1.12 bits per heavy atom. The molecule has 6 nitrogen and oxygen atoms in total. The van der Waals surface area contributed by atoms with Gasteiger partial charge in [0.15, 0.2) is 17.5 Å². The van der Waals surface area contributed by atoms with Crippen LogP contribution in [0.5, 0.6) is 11.5 Å². The van der Waals surface area contributed by atoms with Crippen LogP contribution in [0.15, 0.2) is 23.2 Å². The number of halogens is 1. The summed E-state index contributed by atoms with van der Waals surface area (Å²) in [7, 11) is 0. The second-order valence-corrected chi connectivity index (χ2v) is 6.80. The number of guanidine groups is 1. The van der Waals surface area contributed by atoms with E-state index < -0.39 is 0 Å². The van der Waals surface area contributed by atoms with Gasteiger partial charge in [0.05, 0.1) is 6.54 Å². The Morgan fingerprint density at radius 3 is 2.60 bits per heavy atom. The molecular weight excluding hydrogens is 431 g/mol. The van der Waals surface area contributed by atoms with Gasteiger partial charge >= 0.3 is 0 Å². The molecule has 0 saturated carbocycles. The van der Waals surface area contributed by atoms with E-state index in [1.807, 2.05) is 12.1 Å². The lowest BCUT2D eigenvalue weighted by Gasteiger charge is -2.20. The van der Waals surface area contributed by atoms with E-state index in [-0.39, 0.29) is 29.5 Å². The summed E-state index contributed by atoms with van der Waals surface area (Å²) in [4.78, 5) is 4.59. The number of nitrogens with one attached hydrogen (secondary N) is 3. The number of nitrogens with zero attached hydrogens (tertiary/aromatic N) is 1. The van der Waals surface area contributed by atoms with E-state index in [1.165, 1.54) is 5.56 Å². The smallest absolute Gasteiger partial charge is 0.231 e. The first-order valence-electron chi connectivity index (χ1n) is 8.63. The number of aliphatic imine (C=N–C) groups is 1. The Kier molecular flexibility index (Phi) is 9.34. The monoisotopic (exact) mass is 462 g/mol. The highest BCUT2D eigenvalue weighted by atomic mass is 127. The molecule has 0 bridgehead atoms. The molecule has 0 amide bonds. The minimum atomic E-state index is 0. The van der Waals surface area contributed by atoms with Gasteiger partial charge in [-0.2, -0.15) is 0 Å². The lowest BCUT2D eigenvalue weighted by molar-refractivity contribution is 0.174. The minimum Gasteiger partial charge on any atom is -0.454 e. The summed E-state index contributed by atoms with van der Waals surface area (Å²) in [5, 5.41) is 10.1. The van der Waals surface area contributed by atoms with Crippen molar-refractivity contribution in [3.8, 4) is 11.5 Å². The number of hydrogen-bond donors (Lipinski definition) is 3. The van der Waals surface area contributed by atoms with E-state index in [4.69, 9.17) is 9.47 Å². The molecule has 0 unspecified atom stereocenters. The molecule has 0 fully saturated rings. The first-order valence-corrected chi connectivity index (χ1v) is 8.63. The van der Waals surface area contributed by atoms with Crippen molar-refractivity contribution in [3.63, 3.8) is 0 Å². The van der Waals surface area contributed by atoms with Crippen LogP contribution in [0.3, 0.4) is 0 Å². The Bertz CT molecular complexity index is 558. The molecule has 142 valence electrons. The molecule has 1 heterocycles. The molecule has 0 radical (unpaired) electrons. The van der Waals surface area contributed by atoms with Crippen LogP contribution in [0, 0.1) is 0 Å². The van der Waals surface area contributed by atoms with Gasteiger partial charge in [-0.3, -0.25) is 4.99 Å². The zero-order valence-electron chi connectivity index (χ0n) is 15.6. The fourth-order valence-electron chi connectivity index (χ4n) is 2.36. The molecule has 0 atom stereocenters. The predicted octanol–water partition coefficient (Wildman–Crippen LogP) is 2.52. The van der Waals surface area contributed by atoms with Crippen molar-refractivity contribution in [2.75, 3.05) is 33.0 Å². The molecule has 0 aliphatic carbocycles. The summed E-state index contributed by atoms with van der Waals surface area (Å²) in [5.74, 6) is 2.52. The number of benzene rings is 1. The second-order valence-electron chi connectivity index (χ2n) is 6.80. The molecule has 0 aromatic heterocycles. The fourth-order valence-corrected chi connectivity index (χ4v) is 2.36. The topological polar surface area (TPSA) is 66.9 Å². The minimum absolute atomic E-state index is 0. The van der Waals surface area contributed by atoms with Crippen LogP contribution in [-0.2, 0) is 6.42 Å². The molecule has 3 N–H and O–H groups in total. The van der Waals surface area contributed by atoms with Gasteiger partial charge in [0.25, 0.3) is 0 Å². The summed E-state index contributed by atoms with van der Waals surface area (Å²) >= 11 is 0. The summed E-state index contributed by atoms with van der Waals surface area (Å²) in [6.07, 6.45) is 0.904. The van der Waals surface area contributed by atoms with Crippen LogP contribution in [0.2, 0.25) is 0 Å². The van der Waals surface area contributed by atoms with E-state index in [0.29, 0.717) is 6.79 Å². The van der Waals surface area contributed by atoms with Gasteiger partial charge < -0.3 is 25.4 Å². The van der Waals surface area contributed by atoms with E-state index in [2.05, 4.69) is 54.7 Å². The summed E-state index contributed by atoms with van der Waals surface area (Å²) in [5.41, 5.74) is 1.35. The lowest BCUT2D eigenvalue weighted by atomic mass is 10.1. The van der Waals surface area contributed by atoms with Crippen molar-refractivity contribution in [3.05, 3.63) is 23.8 Å². The molecule has 1 aromatic carbocycles. The van der Waals surface area contributed by atoms with Gasteiger partial charge in [-0.1, -0.05) is 6.07 Å². The van der Waals surface area contributed by atoms with Crippen molar-refractivity contribution in [2.24, 2.45) is 4.99 Å². The quantitative estimate of drug-likeness (QED) is 0.252. The molecule has 1 aromatic rings. The molecule has 1 aliphatic heterocycles. The van der Waals surface area contributed by atoms with Crippen molar-refractivity contribution in [2.45, 2.75) is 39.7 Å². The fraction of sp³-hybridized carbons (Fsp3) is 0.611. The van der Waals surface area contributed by atoms with Crippen LogP contribution >= 0.6 is 24.0 Å². The van der Waals surface area contributed by atoms with E-state index in [0.717, 1.165) is 50.1 Å². The van der Waals surface area contributed by atoms with Gasteiger partial charge in [0.1, 0.15) is 0 Å². The maximum absolute atomic E-state index is 5.41. The number of rotatable bonds is 7. The van der Waals surface area contributed by atoms with Crippen LogP contribution in [-0.4, -0.2) is 44.5 Å². The van der Waals surface area contributed by atoms with Gasteiger partial charge in [0.2, 0.25) is 6.79 Å². The normalized spacial score (nSPS) is 13.4. The van der Waals surface area contributed by atoms with Crippen molar-refractivity contribution in [1.82, 2.24) is 16.0 Å². The first kappa shape index (κ1) is 21.8. The zero-order valence-corrected chi connectivity index (χ0v) is 18.0. The number of ether oxygens (including phenoxy) is 2. The van der Waals surface area contributed by atoms with E-state index >= 15 is 0 Å². The van der Waals surface area contributed by atoms with E-state index in [1.54, 1.807) is 0 Å². The maximum Gasteiger partial charge on any atom is 0.231 e. The average Bonchev–Trinajstić information content (AvgIpc) is 2.98. The molecule has 0 saturated heterocycles. The van der Waals surface area contributed by atoms with Crippen LogP contribution in [0.1, 0.15) is 33.3 Å². The van der Waals surface area contributed by atoms with Gasteiger partial charge in [-0.05, 0) is 51.8 Å². The Labute approximate surface area is 168 Å². The standard InChI is InChI=1S/C18H30N4O2.HI/c1-5-19-17(21-10-11-22-18(2,3)4)20-9-8-14-6-7-15-16(12-14)24-13-23-15;/h6-7,12,22H,5,8-11,13H2,1-4H3,(H2,19,20,21);1H. The van der Waals surface area contributed by atoms with Gasteiger partial charge in [-0.15, -0.1) is 24.0 Å². The predicted molar refractivity (Wildman–Crippen MR) is 113 cm³/mol. The van der Waals surface area contributed by atoms with Crippen LogP contribution in [0.4, 0.5) is 0 Å². The largest absolute Gasteiger partial charge is 0.454 e. The molecular formula is C18H31IN4O2. The Hall–Kier alpha value is -1.22. The first-order chi connectivity index (χ1) is 11.5. The van der Waals surface area contributed by atoms with Gasteiger partial charge in [0, 0.05) is 25.2 Å². The Balaban J connectivity index is 0.00000312.